The van der Waals surface area contributed by atoms with Gasteiger partial charge < -0.3 is 11.1 Å². The van der Waals surface area contributed by atoms with E-state index in [0.717, 1.165) is 19.0 Å². The van der Waals surface area contributed by atoms with E-state index in [-0.39, 0.29) is 16.7 Å². The summed E-state index contributed by atoms with van der Waals surface area (Å²) in [6.45, 7) is 0.666. The summed E-state index contributed by atoms with van der Waals surface area (Å²) in [7, 11) is 0. The molecule has 0 aliphatic heterocycles. The highest BCUT2D eigenvalue weighted by molar-refractivity contribution is 5.98. The summed E-state index contributed by atoms with van der Waals surface area (Å²) in [4.78, 5) is 26.0. The number of nitrogens with two attached hydrogens (primary N) is 1. The van der Waals surface area contributed by atoms with Gasteiger partial charge in [-0.25, -0.2) is 4.98 Å². The minimum absolute atomic E-state index is 0.0537. The fourth-order valence-electron chi connectivity index (χ4n) is 4.34. The first-order chi connectivity index (χ1) is 12.5. The lowest BCUT2D eigenvalue weighted by Crippen LogP contribution is -2.22. The number of nitrogens with one attached hydrogen (secondary N) is 1. The molecule has 2 unspecified atom stereocenters. The quantitative estimate of drug-likeness (QED) is 0.635. The molecule has 2 aliphatic rings. The van der Waals surface area contributed by atoms with E-state index in [4.69, 9.17) is 5.73 Å². The maximum absolute atomic E-state index is 11.6. The Morgan fingerprint density at radius 1 is 1.42 bits per heavy atom. The molecule has 7 nitrogen and oxygen atoms in total. The molecular weight excluding hydrogens is 332 g/mol. The number of benzene rings is 1. The summed E-state index contributed by atoms with van der Waals surface area (Å²) in [5.74, 6) is 0.0492. The predicted octanol–water partition coefficient (Wildman–Crippen LogP) is 2.79. The van der Waals surface area contributed by atoms with E-state index in [2.05, 4.69) is 34.6 Å². The van der Waals surface area contributed by atoms with Crippen molar-refractivity contribution in [2.45, 2.75) is 31.1 Å². The molecular formula is C19H20N4O3. The van der Waals surface area contributed by atoms with E-state index < -0.39 is 10.8 Å². The molecule has 0 radical (unpaired) electrons. The molecule has 1 fully saturated rings. The standard InChI is InChI=1S/C19H20N4O3/c20-17(24)15-8-14(23(25)26)11-22-18(15)21-10-13-9-19(13)7-3-5-12-4-1-2-6-16(12)19/h1-2,4,6,8,11,13H,3,5,7,9-10H2,(H2,20,24)(H,21,22). The summed E-state index contributed by atoms with van der Waals surface area (Å²) in [5, 5.41) is 14.1. The molecule has 1 aromatic carbocycles. The fraction of sp³-hybridized carbons (Fsp3) is 0.368. The van der Waals surface area contributed by atoms with Gasteiger partial charge in [-0.05, 0) is 42.7 Å². The van der Waals surface area contributed by atoms with Gasteiger partial charge in [-0.15, -0.1) is 0 Å². The van der Waals surface area contributed by atoms with E-state index >= 15 is 0 Å². The van der Waals surface area contributed by atoms with E-state index in [1.165, 1.54) is 30.0 Å². The maximum atomic E-state index is 11.6. The zero-order chi connectivity index (χ0) is 18.3. The molecule has 26 heavy (non-hydrogen) atoms. The van der Waals surface area contributed by atoms with Crippen LogP contribution in [0.3, 0.4) is 0 Å². The van der Waals surface area contributed by atoms with Crippen LogP contribution in [0.25, 0.3) is 0 Å². The number of primary amides is 1. The van der Waals surface area contributed by atoms with Gasteiger partial charge >= 0.3 is 0 Å². The Hall–Kier alpha value is -2.96. The number of hydrogen-bond acceptors (Lipinski definition) is 5. The van der Waals surface area contributed by atoms with Gasteiger partial charge in [-0.3, -0.25) is 14.9 Å². The van der Waals surface area contributed by atoms with E-state index in [9.17, 15) is 14.9 Å². The van der Waals surface area contributed by atoms with Crippen LogP contribution >= 0.6 is 0 Å². The van der Waals surface area contributed by atoms with Gasteiger partial charge in [0.1, 0.15) is 12.0 Å². The predicted molar refractivity (Wildman–Crippen MR) is 97.1 cm³/mol. The lowest BCUT2D eigenvalue weighted by Gasteiger charge is -2.27. The van der Waals surface area contributed by atoms with Gasteiger partial charge in [0.25, 0.3) is 11.6 Å². The normalized spacial score (nSPS) is 23.3. The number of hydrogen-bond donors (Lipinski definition) is 2. The molecule has 1 aromatic heterocycles. The number of nitro groups is 1. The summed E-state index contributed by atoms with van der Waals surface area (Å²) in [5.41, 5.74) is 8.28. The van der Waals surface area contributed by atoms with Crippen LogP contribution in [0.15, 0.2) is 36.5 Å². The van der Waals surface area contributed by atoms with Crippen LogP contribution in [0, 0.1) is 16.0 Å². The molecule has 1 amide bonds. The SMILES string of the molecule is NC(=O)c1cc([N+](=O)[O-])cnc1NCC1CC12CCCc1ccccc12. The zero-order valence-corrected chi connectivity index (χ0v) is 14.3. The first kappa shape index (κ1) is 16.5. The molecule has 4 rings (SSSR count). The van der Waals surface area contributed by atoms with Crippen molar-refractivity contribution in [1.82, 2.24) is 4.98 Å². The summed E-state index contributed by atoms with van der Waals surface area (Å²) < 4.78 is 0. The topological polar surface area (TPSA) is 111 Å². The zero-order valence-electron chi connectivity index (χ0n) is 14.3. The number of anilines is 1. The van der Waals surface area contributed by atoms with Crippen molar-refractivity contribution in [2.75, 3.05) is 11.9 Å². The average Bonchev–Trinajstić information content (AvgIpc) is 3.33. The van der Waals surface area contributed by atoms with Crippen LogP contribution in [0.4, 0.5) is 11.5 Å². The third-order valence-electron chi connectivity index (χ3n) is 5.72. The Labute approximate surface area is 150 Å². The molecule has 3 N–H and O–H groups in total. The van der Waals surface area contributed by atoms with Crippen molar-refractivity contribution >= 4 is 17.4 Å². The third-order valence-corrected chi connectivity index (χ3v) is 5.72. The van der Waals surface area contributed by atoms with Gasteiger partial charge in [-0.2, -0.15) is 0 Å². The van der Waals surface area contributed by atoms with Crippen molar-refractivity contribution in [2.24, 2.45) is 11.7 Å². The number of carbonyl (C=O) groups is 1. The van der Waals surface area contributed by atoms with Crippen molar-refractivity contribution in [3.63, 3.8) is 0 Å². The molecule has 2 aromatic rings. The van der Waals surface area contributed by atoms with Crippen LogP contribution in [0.5, 0.6) is 0 Å². The highest BCUT2D eigenvalue weighted by Gasteiger charge is 2.56. The van der Waals surface area contributed by atoms with Gasteiger partial charge in [0.05, 0.1) is 10.5 Å². The van der Waals surface area contributed by atoms with Crippen molar-refractivity contribution in [1.29, 1.82) is 0 Å². The number of rotatable bonds is 5. The number of amides is 1. The van der Waals surface area contributed by atoms with E-state index in [1.807, 2.05) is 0 Å². The second-order valence-corrected chi connectivity index (χ2v) is 7.16. The minimum Gasteiger partial charge on any atom is -0.369 e. The monoisotopic (exact) mass is 352 g/mol. The second-order valence-electron chi connectivity index (χ2n) is 7.16. The number of fused-ring (bicyclic) bond motifs is 2. The lowest BCUT2D eigenvalue weighted by atomic mass is 9.78. The van der Waals surface area contributed by atoms with Crippen molar-refractivity contribution in [3.05, 3.63) is 63.3 Å². The molecule has 134 valence electrons. The van der Waals surface area contributed by atoms with Crippen LogP contribution < -0.4 is 11.1 Å². The number of nitrogens with zero attached hydrogens (tertiary/aromatic N) is 2. The molecule has 0 saturated heterocycles. The van der Waals surface area contributed by atoms with Gasteiger partial charge in [0.15, 0.2) is 0 Å². The van der Waals surface area contributed by atoms with Crippen LogP contribution in [-0.2, 0) is 11.8 Å². The summed E-state index contributed by atoms with van der Waals surface area (Å²) in [6.07, 6.45) is 5.75. The number of pyridine rings is 1. The van der Waals surface area contributed by atoms with Gasteiger partial charge in [-0.1, -0.05) is 24.3 Å². The maximum Gasteiger partial charge on any atom is 0.288 e. The van der Waals surface area contributed by atoms with Crippen LogP contribution in [0.1, 0.15) is 40.7 Å². The Bertz CT molecular complexity index is 898. The first-order valence-corrected chi connectivity index (χ1v) is 8.78. The Morgan fingerprint density at radius 2 is 2.23 bits per heavy atom. The first-order valence-electron chi connectivity index (χ1n) is 8.78. The average molecular weight is 352 g/mol. The lowest BCUT2D eigenvalue weighted by molar-refractivity contribution is -0.385. The Kier molecular flexibility index (Phi) is 3.86. The highest BCUT2D eigenvalue weighted by atomic mass is 16.6. The van der Waals surface area contributed by atoms with E-state index in [0.29, 0.717) is 18.3 Å². The third kappa shape index (κ3) is 2.69. The second kappa shape index (κ2) is 6.09. The number of aromatic nitrogens is 1. The van der Waals surface area contributed by atoms with E-state index in [1.54, 1.807) is 0 Å². The molecule has 1 heterocycles. The number of carbonyl (C=O) groups excluding carboxylic acids is 1. The van der Waals surface area contributed by atoms with Crippen molar-refractivity contribution in [3.8, 4) is 0 Å². The highest BCUT2D eigenvalue weighted by Crippen LogP contribution is 2.60. The summed E-state index contributed by atoms with van der Waals surface area (Å²) in [6, 6.07) is 9.80. The van der Waals surface area contributed by atoms with Crippen molar-refractivity contribution < 1.29 is 9.72 Å². The van der Waals surface area contributed by atoms with Crippen LogP contribution in [0.2, 0.25) is 0 Å². The molecule has 7 heteroatoms. The Morgan fingerprint density at radius 3 is 3.00 bits per heavy atom. The number of aryl methyl sites for hydroxylation is 1. The van der Waals surface area contributed by atoms with Gasteiger partial charge in [0.2, 0.25) is 0 Å². The van der Waals surface area contributed by atoms with Crippen LogP contribution in [-0.4, -0.2) is 22.4 Å². The molecule has 2 aliphatic carbocycles. The molecule has 1 saturated carbocycles. The smallest absolute Gasteiger partial charge is 0.288 e. The molecule has 2 atom stereocenters. The fourth-order valence-corrected chi connectivity index (χ4v) is 4.34. The Balaban J connectivity index is 1.52. The minimum atomic E-state index is -0.725. The summed E-state index contributed by atoms with van der Waals surface area (Å²) >= 11 is 0. The largest absolute Gasteiger partial charge is 0.369 e. The molecule has 0 bridgehead atoms. The van der Waals surface area contributed by atoms with Gasteiger partial charge in [0, 0.05) is 18.0 Å². The molecule has 1 spiro atoms.